The molecular weight excluding hydrogens is 282 g/mol. The molecule has 1 heterocycles. The number of Topliss-reactive ketones (excluding diaryl/α,β-unsaturated/α-hetero) is 1. The third kappa shape index (κ3) is 3.24. The standard InChI is InChI=1S/C17H21NO4/c1-10(7-11(2)19)18-17(20)14-9-13(14)12-3-4-15-16(8-12)22-6-5-21-15/h3-4,8,10,13-14H,5-7,9H2,1-2H3,(H,18,20). The Morgan fingerprint density at radius 1 is 1.27 bits per heavy atom. The summed E-state index contributed by atoms with van der Waals surface area (Å²) >= 11 is 0. The molecule has 3 rings (SSSR count). The number of benzene rings is 1. The van der Waals surface area contributed by atoms with Crippen LogP contribution in [0.2, 0.25) is 0 Å². The normalized spacial score (nSPS) is 23.5. The Morgan fingerprint density at radius 2 is 2.00 bits per heavy atom. The zero-order valence-corrected chi connectivity index (χ0v) is 12.9. The molecule has 5 heteroatoms. The molecular formula is C17H21NO4. The lowest BCUT2D eigenvalue weighted by molar-refractivity contribution is -0.123. The summed E-state index contributed by atoms with van der Waals surface area (Å²) in [5.74, 6) is 1.89. The van der Waals surface area contributed by atoms with Crippen molar-refractivity contribution in [2.45, 2.75) is 38.6 Å². The van der Waals surface area contributed by atoms with Crippen molar-refractivity contribution in [2.75, 3.05) is 13.2 Å². The Labute approximate surface area is 130 Å². The maximum Gasteiger partial charge on any atom is 0.223 e. The van der Waals surface area contributed by atoms with Crippen LogP contribution in [-0.4, -0.2) is 30.9 Å². The number of rotatable bonds is 5. The van der Waals surface area contributed by atoms with Gasteiger partial charge in [0, 0.05) is 18.4 Å². The van der Waals surface area contributed by atoms with Crippen LogP contribution < -0.4 is 14.8 Å². The molecule has 2 aliphatic rings. The first kappa shape index (κ1) is 14.9. The molecule has 1 saturated carbocycles. The fourth-order valence-corrected chi connectivity index (χ4v) is 2.98. The van der Waals surface area contributed by atoms with E-state index in [-0.39, 0.29) is 29.6 Å². The lowest BCUT2D eigenvalue weighted by atomic mass is 10.1. The summed E-state index contributed by atoms with van der Waals surface area (Å²) in [5, 5.41) is 2.92. The van der Waals surface area contributed by atoms with Crippen molar-refractivity contribution in [3.63, 3.8) is 0 Å². The van der Waals surface area contributed by atoms with E-state index >= 15 is 0 Å². The predicted molar refractivity (Wildman–Crippen MR) is 81.2 cm³/mol. The fourth-order valence-electron chi connectivity index (χ4n) is 2.98. The van der Waals surface area contributed by atoms with Crippen LogP contribution in [0.3, 0.4) is 0 Å². The molecule has 0 bridgehead atoms. The lowest BCUT2D eigenvalue weighted by Crippen LogP contribution is -2.35. The van der Waals surface area contributed by atoms with E-state index in [1.54, 1.807) is 0 Å². The molecule has 22 heavy (non-hydrogen) atoms. The Balaban J connectivity index is 1.59. The number of nitrogens with one attached hydrogen (secondary N) is 1. The van der Waals surface area contributed by atoms with Crippen LogP contribution in [0.5, 0.6) is 11.5 Å². The molecule has 1 aromatic carbocycles. The largest absolute Gasteiger partial charge is 0.486 e. The SMILES string of the molecule is CC(=O)CC(C)NC(=O)C1CC1c1ccc2c(c1)OCCO2. The van der Waals surface area contributed by atoms with Gasteiger partial charge in [0.15, 0.2) is 11.5 Å². The van der Waals surface area contributed by atoms with E-state index in [0.717, 1.165) is 23.5 Å². The molecule has 1 N–H and O–H groups in total. The Bertz CT molecular complexity index is 598. The van der Waals surface area contributed by atoms with Crippen LogP contribution in [0.25, 0.3) is 0 Å². The number of carbonyl (C=O) groups excluding carboxylic acids is 2. The molecule has 0 radical (unpaired) electrons. The summed E-state index contributed by atoms with van der Waals surface area (Å²) in [4.78, 5) is 23.3. The van der Waals surface area contributed by atoms with E-state index in [0.29, 0.717) is 19.6 Å². The molecule has 1 fully saturated rings. The molecule has 1 aromatic rings. The fraction of sp³-hybridized carbons (Fsp3) is 0.529. The maximum atomic E-state index is 12.2. The van der Waals surface area contributed by atoms with Gasteiger partial charge < -0.3 is 14.8 Å². The lowest BCUT2D eigenvalue weighted by Gasteiger charge is -2.19. The molecule has 3 unspecified atom stereocenters. The van der Waals surface area contributed by atoms with E-state index in [2.05, 4.69) is 5.32 Å². The second kappa shape index (κ2) is 5.99. The highest BCUT2D eigenvalue weighted by Crippen LogP contribution is 2.49. The van der Waals surface area contributed by atoms with E-state index < -0.39 is 0 Å². The van der Waals surface area contributed by atoms with E-state index in [1.807, 2.05) is 25.1 Å². The van der Waals surface area contributed by atoms with Gasteiger partial charge in [-0.25, -0.2) is 0 Å². The van der Waals surface area contributed by atoms with Crippen molar-refractivity contribution in [3.05, 3.63) is 23.8 Å². The van der Waals surface area contributed by atoms with Crippen LogP contribution in [0.4, 0.5) is 0 Å². The minimum Gasteiger partial charge on any atom is -0.486 e. The summed E-state index contributed by atoms with van der Waals surface area (Å²) in [5.41, 5.74) is 1.11. The first-order chi connectivity index (χ1) is 10.5. The maximum absolute atomic E-state index is 12.2. The van der Waals surface area contributed by atoms with E-state index in [9.17, 15) is 9.59 Å². The van der Waals surface area contributed by atoms with Gasteiger partial charge >= 0.3 is 0 Å². The monoisotopic (exact) mass is 303 g/mol. The van der Waals surface area contributed by atoms with Gasteiger partial charge in [0.25, 0.3) is 0 Å². The van der Waals surface area contributed by atoms with Crippen molar-refractivity contribution in [3.8, 4) is 11.5 Å². The Morgan fingerprint density at radius 3 is 2.73 bits per heavy atom. The van der Waals surface area contributed by atoms with Crippen molar-refractivity contribution in [1.82, 2.24) is 5.32 Å². The molecule has 5 nitrogen and oxygen atoms in total. The van der Waals surface area contributed by atoms with Crippen LogP contribution >= 0.6 is 0 Å². The minimum atomic E-state index is -0.105. The predicted octanol–water partition coefficient (Wildman–Crippen LogP) is 2.05. The van der Waals surface area contributed by atoms with Crippen LogP contribution in [0.1, 0.15) is 38.2 Å². The average molecular weight is 303 g/mol. The zero-order valence-electron chi connectivity index (χ0n) is 12.9. The Hall–Kier alpha value is -2.04. The topological polar surface area (TPSA) is 64.6 Å². The summed E-state index contributed by atoms with van der Waals surface area (Å²) in [6.45, 7) is 4.54. The molecule has 3 atom stereocenters. The van der Waals surface area contributed by atoms with Gasteiger partial charge in [-0.15, -0.1) is 0 Å². The van der Waals surface area contributed by atoms with E-state index in [1.165, 1.54) is 6.92 Å². The first-order valence-electron chi connectivity index (χ1n) is 7.74. The van der Waals surface area contributed by atoms with Crippen LogP contribution in [0, 0.1) is 5.92 Å². The highest BCUT2D eigenvalue weighted by molar-refractivity contribution is 5.84. The number of fused-ring (bicyclic) bond motifs is 1. The van der Waals surface area contributed by atoms with Crippen LogP contribution in [0.15, 0.2) is 18.2 Å². The van der Waals surface area contributed by atoms with Gasteiger partial charge in [0.1, 0.15) is 19.0 Å². The minimum absolute atomic E-state index is 0.00281. The first-order valence-corrected chi connectivity index (χ1v) is 7.74. The third-order valence-corrected chi connectivity index (χ3v) is 4.10. The van der Waals surface area contributed by atoms with Crippen molar-refractivity contribution >= 4 is 11.7 Å². The quantitative estimate of drug-likeness (QED) is 0.904. The summed E-state index contributed by atoms with van der Waals surface area (Å²) in [7, 11) is 0. The van der Waals surface area contributed by atoms with E-state index in [4.69, 9.17) is 9.47 Å². The molecule has 1 amide bonds. The molecule has 1 aliphatic heterocycles. The molecule has 0 saturated heterocycles. The summed E-state index contributed by atoms with van der Waals surface area (Å²) in [6.07, 6.45) is 1.23. The van der Waals surface area contributed by atoms with Gasteiger partial charge in [-0.1, -0.05) is 6.07 Å². The van der Waals surface area contributed by atoms with Gasteiger partial charge in [0.05, 0.1) is 0 Å². The average Bonchev–Trinajstić information content (AvgIpc) is 3.26. The number of hydrogen-bond donors (Lipinski definition) is 1. The van der Waals surface area contributed by atoms with Crippen molar-refractivity contribution in [2.24, 2.45) is 5.92 Å². The number of amides is 1. The van der Waals surface area contributed by atoms with Gasteiger partial charge in [0.2, 0.25) is 5.91 Å². The van der Waals surface area contributed by atoms with Crippen LogP contribution in [-0.2, 0) is 9.59 Å². The molecule has 118 valence electrons. The van der Waals surface area contributed by atoms with Gasteiger partial charge in [-0.3, -0.25) is 9.59 Å². The summed E-state index contributed by atoms with van der Waals surface area (Å²) < 4.78 is 11.1. The van der Waals surface area contributed by atoms with Gasteiger partial charge in [-0.05, 0) is 43.9 Å². The number of carbonyl (C=O) groups is 2. The smallest absolute Gasteiger partial charge is 0.223 e. The van der Waals surface area contributed by atoms with Crippen molar-refractivity contribution < 1.29 is 19.1 Å². The third-order valence-electron chi connectivity index (χ3n) is 4.10. The second-order valence-electron chi connectivity index (χ2n) is 6.17. The molecule has 0 aromatic heterocycles. The summed E-state index contributed by atoms with van der Waals surface area (Å²) in [6, 6.07) is 5.79. The Kier molecular flexibility index (Phi) is 4.05. The molecule has 1 aliphatic carbocycles. The highest BCUT2D eigenvalue weighted by Gasteiger charge is 2.44. The number of ketones is 1. The van der Waals surface area contributed by atoms with Crippen molar-refractivity contribution in [1.29, 1.82) is 0 Å². The number of hydrogen-bond acceptors (Lipinski definition) is 4. The number of ether oxygens (including phenoxy) is 2. The highest BCUT2D eigenvalue weighted by atomic mass is 16.6. The molecule has 0 spiro atoms. The zero-order chi connectivity index (χ0) is 15.7. The second-order valence-corrected chi connectivity index (χ2v) is 6.17. The van der Waals surface area contributed by atoms with Gasteiger partial charge in [-0.2, -0.15) is 0 Å².